The fourth-order valence-electron chi connectivity index (χ4n) is 0. The zero-order chi connectivity index (χ0) is 5.58. The molecule has 40 valence electrons. The molecule has 0 atom stereocenters. The van der Waals surface area contributed by atoms with Crippen LogP contribution in [0.3, 0.4) is 0 Å². The van der Waals surface area contributed by atoms with Gasteiger partial charge >= 0.3 is 88.7 Å². The molecule has 9 heavy (non-hydrogen) atoms. The Hall–Kier alpha value is 3.27. The number of hydrogen-bond donors (Lipinski definition) is 1. The van der Waals surface area contributed by atoms with Crippen molar-refractivity contribution in [2.24, 2.45) is 0 Å². The molecule has 0 aromatic carbocycles. The summed E-state index contributed by atoms with van der Waals surface area (Å²) in [4.78, 5) is 25.4. The van der Waals surface area contributed by atoms with Crippen LogP contribution in [0.1, 0.15) is 0 Å². The Labute approximate surface area is 122 Å². The summed E-state index contributed by atoms with van der Waals surface area (Å²) in [6, 6.07) is 0. The zero-order valence-electron chi connectivity index (χ0n) is 6.12. The molecule has 0 radical (unpaired) electrons. The van der Waals surface area contributed by atoms with E-state index < -0.39 is 8.60 Å². The molecule has 0 saturated heterocycles. The van der Waals surface area contributed by atoms with Crippen molar-refractivity contribution in [3.05, 3.63) is 0 Å². The summed E-state index contributed by atoms with van der Waals surface area (Å²) in [5.41, 5.74) is 0. The van der Waals surface area contributed by atoms with Crippen molar-refractivity contribution in [2.45, 2.75) is 0 Å². The molecule has 0 aromatic heterocycles. The molecular formula is CH4Na3O4P. The van der Waals surface area contributed by atoms with Gasteiger partial charge in [-0.15, -0.1) is 0 Å². The van der Waals surface area contributed by atoms with E-state index in [1.54, 1.807) is 0 Å². The van der Waals surface area contributed by atoms with Crippen LogP contribution >= 0.6 is 8.60 Å². The number of aliphatic hydroxyl groups is 1. The van der Waals surface area contributed by atoms with Crippen molar-refractivity contribution in [3.63, 3.8) is 0 Å². The third-order valence-corrected chi connectivity index (χ3v) is 0. The predicted molar refractivity (Wildman–Crippen MR) is 15.1 cm³/mol. The number of rotatable bonds is 0. The summed E-state index contributed by atoms with van der Waals surface area (Å²) < 4.78 is 0. The first kappa shape index (κ1) is 29.5. The molecule has 8 heteroatoms. The Morgan fingerprint density at radius 1 is 0.889 bits per heavy atom. The molecule has 0 fully saturated rings. The second-order valence-electron chi connectivity index (χ2n) is 0.224. The molecule has 0 amide bonds. The molecule has 0 aliphatic rings. The fourth-order valence-corrected chi connectivity index (χ4v) is 0. The average molecular weight is 180 g/mol. The standard InChI is InChI=1S/CH4O.3Na.O3P/c1-2;;;;1-4(2)3/h2H,1H3;;;;/q;3*+1;-3. The smallest absolute Gasteiger partial charge is 0.854 e. The van der Waals surface area contributed by atoms with Gasteiger partial charge < -0.3 is 28.4 Å². The van der Waals surface area contributed by atoms with Crippen molar-refractivity contribution < 1.29 is 108 Å². The van der Waals surface area contributed by atoms with E-state index in [9.17, 15) is 0 Å². The molecule has 4 nitrogen and oxygen atoms in total. The number of aliphatic hydroxyl groups excluding tert-OH is 1. The normalized spacial score (nSPS) is 4.67. The van der Waals surface area contributed by atoms with Crippen LogP contribution in [0, 0.1) is 0 Å². The van der Waals surface area contributed by atoms with E-state index in [1.165, 1.54) is 0 Å². The first-order valence-electron chi connectivity index (χ1n) is 0.995. The Bertz CT molecular complexity index is 20.5. The summed E-state index contributed by atoms with van der Waals surface area (Å²) in [5, 5.41) is 7.00. The molecule has 0 aliphatic heterocycles. The van der Waals surface area contributed by atoms with Crippen molar-refractivity contribution in [3.8, 4) is 0 Å². The SMILES string of the molecule is CO.[Na+].[Na+].[Na+].[O-]P([O-])[O-]. The molecule has 0 rings (SSSR count). The Morgan fingerprint density at radius 2 is 0.889 bits per heavy atom. The van der Waals surface area contributed by atoms with E-state index in [2.05, 4.69) is 0 Å². The third-order valence-electron chi connectivity index (χ3n) is 0. The third kappa shape index (κ3) is 90.6. The van der Waals surface area contributed by atoms with Gasteiger partial charge in [0.1, 0.15) is 0 Å². The number of hydrogen-bond acceptors (Lipinski definition) is 4. The molecule has 0 heterocycles. The predicted octanol–water partition coefficient (Wildman–Crippen LogP) is -12.1. The van der Waals surface area contributed by atoms with Gasteiger partial charge in [0, 0.05) is 7.11 Å². The van der Waals surface area contributed by atoms with Crippen LogP contribution in [-0.4, -0.2) is 12.2 Å². The first-order chi connectivity index (χ1) is 2.73. The van der Waals surface area contributed by atoms with Crippen LogP contribution in [0.4, 0.5) is 0 Å². The molecule has 0 unspecified atom stereocenters. The van der Waals surface area contributed by atoms with Crippen LogP contribution in [0.2, 0.25) is 0 Å². The molecular weight excluding hydrogens is 176 g/mol. The maximum atomic E-state index is 8.48. The Balaban J connectivity index is -0.00000000990. The van der Waals surface area contributed by atoms with Crippen molar-refractivity contribution in [1.82, 2.24) is 0 Å². The maximum absolute atomic E-state index is 8.48. The van der Waals surface area contributed by atoms with E-state index >= 15 is 0 Å². The summed E-state index contributed by atoms with van der Waals surface area (Å²) in [5.74, 6) is 0. The van der Waals surface area contributed by atoms with E-state index in [-0.39, 0.29) is 88.7 Å². The second-order valence-corrected chi connectivity index (χ2v) is 0.671. The van der Waals surface area contributed by atoms with E-state index in [0.29, 0.717) is 0 Å². The van der Waals surface area contributed by atoms with Crippen LogP contribution in [0.25, 0.3) is 0 Å². The summed E-state index contributed by atoms with van der Waals surface area (Å²) in [6.45, 7) is 0. The van der Waals surface area contributed by atoms with E-state index in [0.717, 1.165) is 7.11 Å². The molecule has 0 bridgehead atoms. The van der Waals surface area contributed by atoms with E-state index in [4.69, 9.17) is 19.8 Å². The first-order valence-corrected chi connectivity index (χ1v) is 2.09. The van der Waals surface area contributed by atoms with Crippen molar-refractivity contribution in [2.75, 3.05) is 7.11 Å². The zero-order valence-corrected chi connectivity index (χ0v) is 13.0. The monoisotopic (exact) mass is 180 g/mol. The van der Waals surface area contributed by atoms with Gasteiger partial charge in [-0.25, -0.2) is 0 Å². The van der Waals surface area contributed by atoms with Crippen molar-refractivity contribution >= 4 is 8.60 Å². The van der Waals surface area contributed by atoms with Gasteiger partial charge in [-0.05, 0) is 0 Å². The van der Waals surface area contributed by atoms with Crippen LogP contribution in [0.5, 0.6) is 0 Å². The summed E-state index contributed by atoms with van der Waals surface area (Å²) in [6.07, 6.45) is 0. The molecule has 0 saturated carbocycles. The summed E-state index contributed by atoms with van der Waals surface area (Å²) in [7, 11) is -2.37. The minimum atomic E-state index is -3.37. The van der Waals surface area contributed by atoms with Gasteiger partial charge in [0.2, 0.25) is 0 Å². The Morgan fingerprint density at radius 3 is 0.889 bits per heavy atom. The quantitative estimate of drug-likeness (QED) is 0.296. The summed E-state index contributed by atoms with van der Waals surface area (Å²) >= 11 is 0. The Kier molecular flexibility index (Phi) is 99.1. The van der Waals surface area contributed by atoms with Crippen LogP contribution in [0.15, 0.2) is 0 Å². The molecule has 1 N–H and O–H groups in total. The molecule has 0 aliphatic carbocycles. The average Bonchev–Trinajstić information content (AvgIpc) is 1.41. The minimum Gasteiger partial charge on any atom is -0.854 e. The van der Waals surface area contributed by atoms with Gasteiger partial charge in [0.15, 0.2) is 0 Å². The fraction of sp³-hybridized carbons (Fsp3) is 1.00. The van der Waals surface area contributed by atoms with Crippen LogP contribution < -0.4 is 103 Å². The topological polar surface area (TPSA) is 89.4 Å². The van der Waals surface area contributed by atoms with Gasteiger partial charge in [-0.1, -0.05) is 0 Å². The van der Waals surface area contributed by atoms with Gasteiger partial charge in [-0.3, -0.25) is 0 Å². The largest absolute Gasteiger partial charge is 1.00 e. The minimum absolute atomic E-state index is 0. The molecule has 0 spiro atoms. The second kappa shape index (κ2) is 30.2. The van der Waals surface area contributed by atoms with Gasteiger partial charge in [0.25, 0.3) is 0 Å². The van der Waals surface area contributed by atoms with Gasteiger partial charge in [-0.2, -0.15) is 0 Å². The maximum Gasteiger partial charge on any atom is 1.00 e. The van der Waals surface area contributed by atoms with Crippen molar-refractivity contribution in [1.29, 1.82) is 0 Å². The van der Waals surface area contributed by atoms with Crippen LogP contribution in [-0.2, 0) is 0 Å². The van der Waals surface area contributed by atoms with E-state index in [1.807, 2.05) is 0 Å². The van der Waals surface area contributed by atoms with Gasteiger partial charge in [0.05, 0.1) is 0 Å². The molecule has 0 aromatic rings.